The van der Waals surface area contributed by atoms with E-state index in [1.165, 1.54) is 0 Å². The fourth-order valence-electron chi connectivity index (χ4n) is 1.30. The number of rotatable bonds is 4. The Morgan fingerprint density at radius 1 is 1.56 bits per heavy atom. The number of carbonyl (C=O) groups is 1. The first-order chi connectivity index (χ1) is 7.22. The molecule has 0 spiro atoms. The number of nitrogens with two attached hydrogens (primary N) is 1. The Morgan fingerprint density at radius 3 is 2.38 bits per heavy atom. The molecule has 94 valence electrons. The SMILES string of the molecule is C=CC([C@@H](C)CC)N(N)C(=O)OC(C)(C)C. The van der Waals surface area contributed by atoms with Crippen LogP contribution in [0, 0.1) is 5.92 Å². The van der Waals surface area contributed by atoms with Crippen molar-refractivity contribution in [3.8, 4) is 0 Å². The zero-order valence-corrected chi connectivity index (χ0v) is 11.0. The van der Waals surface area contributed by atoms with E-state index in [1.807, 2.05) is 34.6 Å². The first-order valence-corrected chi connectivity index (χ1v) is 5.62. The number of hydrogen-bond acceptors (Lipinski definition) is 3. The Morgan fingerprint density at radius 2 is 2.06 bits per heavy atom. The molecule has 0 radical (unpaired) electrons. The second kappa shape index (κ2) is 5.89. The third kappa shape index (κ3) is 4.66. The quantitative estimate of drug-likeness (QED) is 0.348. The summed E-state index contributed by atoms with van der Waals surface area (Å²) >= 11 is 0. The van der Waals surface area contributed by atoms with Gasteiger partial charge in [-0.25, -0.2) is 15.6 Å². The fraction of sp³-hybridized carbons (Fsp3) is 0.750. The lowest BCUT2D eigenvalue weighted by atomic mass is 9.99. The number of nitrogens with zero attached hydrogens (tertiary/aromatic N) is 1. The van der Waals surface area contributed by atoms with Gasteiger partial charge in [0.25, 0.3) is 0 Å². The average molecular weight is 228 g/mol. The van der Waals surface area contributed by atoms with Crippen molar-refractivity contribution in [3.05, 3.63) is 12.7 Å². The van der Waals surface area contributed by atoms with Gasteiger partial charge in [0.1, 0.15) is 5.60 Å². The van der Waals surface area contributed by atoms with Gasteiger partial charge >= 0.3 is 6.09 Å². The topological polar surface area (TPSA) is 55.6 Å². The van der Waals surface area contributed by atoms with E-state index in [4.69, 9.17) is 10.6 Å². The summed E-state index contributed by atoms with van der Waals surface area (Å²) in [4.78, 5) is 11.7. The molecule has 0 aromatic heterocycles. The molecule has 1 unspecified atom stereocenters. The lowest BCUT2D eigenvalue weighted by Crippen LogP contribution is -2.49. The van der Waals surface area contributed by atoms with E-state index in [0.29, 0.717) is 0 Å². The Balaban J connectivity index is 4.57. The number of carbonyl (C=O) groups excluding carboxylic acids is 1. The first-order valence-electron chi connectivity index (χ1n) is 5.62. The van der Waals surface area contributed by atoms with Crippen molar-refractivity contribution in [1.29, 1.82) is 0 Å². The van der Waals surface area contributed by atoms with Crippen LogP contribution < -0.4 is 5.84 Å². The lowest BCUT2D eigenvalue weighted by Gasteiger charge is -2.31. The zero-order valence-electron chi connectivity index (χ0n) is 11.0. The molecule has 0 rings (SSSR count). The van der Waals surface area contributed by atoms with Gasteiger partial charge in [-0.15, -0.1) is 6.58 Å². The van der Waals surface area contributed by atoms with Crippen LogP contribution in [0.15, 0.2) is 12.7 Å². The molecule has 4 heteroatoms. The first kappa shape index (κ1) is 15.0. The summed E-state index contributed by atoms with van der Waals surface area (Å²) in [5.74, 6) is 6.00. The van der Waals surface area contributed by atoms with E-state index in [1.54, 1.807) is 6.08 Å². The van der Waals surface area contributed by atoms with Crippen LogP contribution in [-0.4, -0.2) is 22.7 Å². The number of hydrogen-bond donors (Lipinski definition) is 1. The maximum atomic E-state index is 11.7. The normalized spacial score (nSPS) is 15.1. The molecule has 0 bridgehead atoms. The van der Waals surface area contributed by atoms with E-state index in [-0.39, 0.29) is 12.0 Å². The van der Waals surface area contributed by atoms with Gasteiger partial charge in [0.05, 0.1) is 6.04 Å². The molecule has 4 nitrogen and oxygen atoms in total. The third-order valence-electron chi connectivity index (χ3n) is 2.39. The Hall–Kier alpha value is -1.03. The minimum atomic E-state index is -0.532. The van der Waals surface area contributed by atoms with Crippen molar-refractivity contribution >= 4 is 6.09 Å². The van der Waals surface area contributed by atoms with Crippen molar-refractivity contribution in [2.24, 2.45) is 11.8 Å². The van der Waals surface area contributed by atoms with Crippen LogP contribution in [0.2, 0.25) is 0 Å². The monoisotopic (exact) mass is 228 g/mol. The van der Waals surface area contributed by atoms with Crippen LogP contribution in [0.1, 0.15) is 41.0 Å². The minimum absolute atomic E-state index is 0.195. The lowest BCUT2D eigenvalue weighted by molar-refractivity contribution is 0.0151. The second-order valence-electron chi connectivity index (χ2n) is 5.00. The van der Waals surface area contributed by atoms with Crippen molar-refractivity contribution in [3.63, 3.8) is 0 Å². The number of ether oxygens (including phenoxy) is 1. The van der Waals surface area contributed by atoms with E-state index < -0.39 is 11.7 Å². The summed E-state index contributed by atoms with van der Waals surface area (Å²) in [6, 6.07) is -0.195. The maximum absolute atomic E-state index is 11.7. The predicted molar refractivity (Wildman–Crippen MR) is 65.7 cm³/mol. The van der Waals surface area contributed by atoms with Crippen molar-refractivity contribution in [1.82, 2.24) is 5.01 Å². The summed E-state index contributed by atoms with van der Waals surface area (Å²) < 4.78 is 5.19. The molecule has 0 saturated carbocycles. The molecule has 0 aliphatic carbocycles. The van der Waals surface area contributed by atoms with Gasteiger partial charge in [0, 0.05) is 0 Å². The van der Waals surface area contributed by atoms with E-state index in [0.717, 1.165) is 11.4 Å². The van der Waals surface area contributed by atoms with Crippen molar-refractivity contribution in [2.45, 2.75) is 52.7 Å². The van der Waals surface area contributed by atoms with Crippen molar-refractivity contribution < 1.29 is 9.53 Å². The molecule has 0 saturated heterocycles. The largest absolute Gasteiger partial charge is 0.443 e. The highest BCUT2D eigenvalue weighted by molar-refractivity contribution is 5.68. The predicted octanol–water partition coefficient (Wildman–Crippen LogP) is 2.70. The second-order valence-corrected chi connectivity index (χ2v) is 5.00. The Bertz CT molecular complexity index is 246. The standard InChI is InChI=1S/C12H24N2O2/c1-7-9(3)10(8-2)14(13)11(15)16-12(4,5)6/h8-10H,2,7,13H2,1,3-6H3/t9-,10?/m0/s1. The third-order valence-corrected chi connectivity index (χ3v) is 2.39. The molecule has 0 aliphatic rings. The fourth-order valence-corrected chi connectivity index (χ4v) is 1.30. The highest BCUT2D eigenvalue weighted by atomic mass is 16.6. The molecule has 0 aliphatic heterocycles. The molecule has 0 aromatic rings. The van der Waals surface area contributed by atoms with Crippen LogP contribution >= 0.6 is 0 Å². The van der Waals surface area contributed by atoms with Crippen LogP contribution in [0.25, 0.3) is 0 Å². The summed E-state index contributed by atoms with van der Waals surface area (Å²) in [5.41, 5.74) is -0.532. The molecule has 0 aromatic carbocycles. The van der Waals surface area contributed by atoms with Gasteiger partial charge in [-0.1, -0.05) is 26.3 Å². The van der Waals surface area contributed by atoms with E-state index in [9.17, 15) is 4.79 Å². The van der Waals surface area contributed by atoms with Crippen molar-refractivity contribution in [2.75, 3.05) is 0 Å². The Kier molecular flexibility index (Phi) is 5.51. The molecule has 16 heavy (non-hydrogen) atoms. The number of amides is 1. The summed E-state index contributed by atoms with van der Waals surface area (Å²) in [6.07, 6.45) is 2.09. The van der Waals surface area contributed by atoms with Crippen LogP contribution in [0.4, 0.5) is 4.79 Å². The van der Waals surface area contributed by atoms with Crippen LogP contribution in [0.5, 0.6) is 0 Å². The van der Waals surface area contributed by atoms with Gasteiger partial charge in [0.15, 0.2) is 0 Å². The molecule has 1 amide bonds. The van der Waals surface area contributed by atoms with E-state index >= 15 is 0 Å². The highest BCUT2D eigenvalue weighted by Crippen LogP contribution is 2.16. The molecular formula is C12H24N2O2. The average Bonchev–Trinajstić information content (AvgIpc) is 2.15. The molecule has 2 N–H and O–H groups in total. The molecule has 0 heterocycles. The van der Waals surface area contributed by atoms with Gasteiger partial charge in [-0.3, -0.25) is 0 Å². The van der Waals surface area contributed by atoms with Gasteiger partial charge in [0.2, 0.25) is 0 Å². The van der Waals surface area contributed by atoms with Crippen LogP contribution in [-0.2, 0) is 4.74 Å². The molecular weight excluding hydrogens is 204 g/mol. The molecule has 0 fully saturated rings. The number of hydrazine groups is 1. The Labute approximate surface area is 98.4 Å². The summed E-state index contributed by atoms with van der Waals surface area (Å²) in [5, 5.41) is 1.12. The minimum Gasteiger partial charge on any atom is -0.443 e. The summed E-state index contributed by atoms with van der Waals surface area (Å²) in [7, 11) is 0. The smallest absolute Gasteiger partial charge is 0.425 e. The van der Waals surface area contributed by atoms with E-state index in [2.05, 4.69) is 6.58 Å². The molecule has 2 atom stereocenters. The zero-order chi connectivity index (χ0) is 12.9. The summed E-state index contributed by atoms with van der Waals surface area (Å²) in [6.45, 7) is 13.2. The van der Waals surface area contributed by atoms with Gasteiger partial charge in [-0.2, -0.15) is 0 Å². The maximum Gasteiger partial charge on any atom is 0.425 e. The van der Waals surface area contributed by atoms with Crippen LogP contribution in [0.3, 0.4) is 0 Å². The van der Waals surface area contributed by atoms with Gasteiger partial charge in [-0.05, 0) is 26.7 Å². The van der Waals surface area contributed by atoms with Gasteiger partial charge < -0.3 is 4.74 Å². The highest BCUT2D eigenvalue weighted by Gasteiger charge is 2.27.